The van der Waals surface area contributed by atoms with Crippen molar-refractivity contribution >= 4 is 17.6 Å². The molecule has 1 fully saturated rings. The first-order valence-corrected chi connectivity index (χ1v) is 7.95. The van der Waals surface area contributed by atoms with E-state index in [-0.39, 0.29) is 17.9 Å². The molecule has 1 atom stereocenters. The second-order valence-corrected chi connectivity index (χ2v) is 6.15. The summed E-state index contributed by atoms with van der Waals surface area (Å²) in [6.07, 6.45) is 2.03. The standard InChI is InChI=1S/C17H25N3O2/c1-13(2)16(21)18-11-14-7-6-10-20(12-14)17(22)19-15-8-4-3-5-9-15/h3-5,8-9,13-14H,6-7,10-12H2,1-2H3,(H,18,21)(H,19,22). The molecule has 1 aliphatic heterocycles. The van der Waals surface area contributed by atoms with Gasteiger partial charge >= 0.3 is 6.03 Å². The molecule has 2 rings (SSSR count). The van der Waals surface area contributed by atoms with Crippen molar-refractivity contribution in [1.29, 1.82) is 0 Å². The lowest BCUT2D eigenvalue weighted by Gasteiger charge is -2.33. The van der Waals surface area contributed by atoms with Gasteiger partial charge in [0.15, 0.2) is 0 Å². The van der Waals surface area contributed by atoms with Gasteiger partial charge in [0.1, 0.15) is 0 Å². The minimum atomic E-state index is -0.0638. The molecule has 3 amide bonds. The third-order valence-corrected chi connectivity index (χ3v) is 3.92. The molecule has 1 aliphatic rings. The number of likely N-dealkylation sites (tertiary alicyclic amines) is 1. The van der Waals surface area contributed by atoms with Crippen molar-refractivity contribution in [3.8, 4) is 0 Å². The summed E-state index contributed by atoms with van der Waals surface area (Å²) in [7, 11) is 0. The Hall–Kier alpha value is -2.04. The van der Waals surface area contributed by atoms with Crippen molar-refractivity contribution in [3.63, 3.8) is 0 Å². The maximum atomic E-state index is 12.3. The summed E-state index contributed by atoms with van der Waals surface area (Å²) in [5.41, 5.74) is 0.808. The highest BCUT2D eigenvalue weighted by atomic mass is 16.2. The third-order valence-electron chi connectivity index (χ3n) is 3.92. The number of rotatable bonds is 4. The smallest absolute Gasteiger partial charge is 0.321 e. The molecule has 0 saturated carbocycles. The van der Waals surface area contributed by atoms with Gasteiger partial charge in [0.25, 0.3) is 0 Å². The molecule has 1 unspecified atom stereocenters. The third kappa shape index (κ3) is 4.76. The summed E-state index contributed by atoms with van der Waals surface area (Å²) in [4.78, 5) is 25.8. The summed E-state index contributed by atoms with van der Waals surface area (Å²) in [6.45, 7) is 5.88. The van der Waals surface area contributed by atoms with Crippen molar-refractivity contribution < 1.29 is 9.59 Å². The fourth-order valence-corrected chi connectivity index (χ4v) is 2.59. The van der Waals surface area contributed by atoms with Crippen LogP contribution in [0.1, 0.15) is 26.7 Å². The normalized spacial score (nSPS) is 18.1. The summed E-state index contributed by atoms with van der Waals surface area (Å²) in [6, 6.07) is 9.41. The molecule has 0 aliphatic carbocycles. The van der Waals surface area contributed by atoms with E-state index in [4.69, 9.17) is 0 Å². The van der Waals surface area contributed by atoms with Crippen LogP contribution in [0.15, 0.2) is 30.3 Å². The summed E-state index contributed by atoms with van der Waals surface area (Å²) < 4.78 is 0. The van der Waals surface area contributed by atoms with E-state index in [2.05, 4.69) is 10.6 Å². The van der Waals surface area contributed by atoms with Crippen LogP contribution >= 0.6 is 0 Å². The largest absolute Gasteiger partial charge is 0.356 e. The van der Waals surface area contributed by atoms with E-state index in [0.717, 1.165) is 25.1 Å². The quantitative estimate of drug-likeness (QED) is 0.898. The first-order valence-electron chi connectivity index (χ1n) is 7.95. The number of benzene rings is 1. The van der Waals surface area contributed by atoms with Crippen LogP contribution in [0.4, 0.5) is 10.5 Å². The topological polar surface area (TPSA) is 61.4 Å². The molecule has 5 nitrogen and oxygen atoms in total. The van der Waals surface area contributed by atoms with E-state index < -0.39 is 0 Å². The van der Waals surface area contributed by atoms with E-state index in [1.54, 1.807) is 0 Å². The van der Waals surface area contributed by atoms with E-state index in [0.29, 0.717) is 19.0 Å². The maximum Gasteiger partial charge on any atom is 0.321 e. The van der Waals surface area contributed by atoms with Gasteiger partial charge in [-0.15, -0.1) is 0 Å². The van der Waals surface area contributed by atoms with Crippen LogP contribution < -0.4 is 10.6 Å². The van der Waals surface area contributed by atoms with Crippen molar-refractivity contribution in [2.75, 3.05) is 25.0 Å². The zero-order valence-electron chi connectivity index (χ0n) is 13.3. The zero-order chi connectivity index (χ0) is 15.9. The molecule has 2 N–H and O–H groups in total. The molecule has 0 aromatic heterocycles. The molecule has 5 heteroatoms. The monoisotopic (exact) mass is 303 g/mol. The van der Waals surface area contributed by atoms with Crippen molar-refractivity contribution in [1.82, 2.24) is 10.2 Å². The van der Waals surface area contributed by atoms with Gasteiger partial charge in [0.05, 0.1) is 0 Å². The van der Waals surface area contributed by atoms with E-state index in [9.17, 15) is 9.59 Å². The van der Waals surface area contributed by atoms with Crippen LogP contribution in [0.5, 0.6) is 0 Å². The number of piperidine rings is 1. The Morgan fingerprint density at radius 2 is 2.00 bits per heavy atom. The van der Waals surface area contributed by atoms with Gasteiger partial charge in [-0.25, -0.2) is 4.79 Å². The molecule has 1 aromatic rings. The number of hydrogen-bond acceptors (Lipinski definition) is 2. The number of carbonyl (C=O) groups is 2. The SMILES string of the molecule is CC(C)C(=O)NCC1CCCN(C(=O)Nc2ccccc2)C1. The number of urea groups is 1. The molecule has 1 heterocycles. The molecule has 0 radical (unpaired) electrons. The van der Waals surface area contributed by atoms with Crippen LogP contribution in [-0.2, 0) is 4.79 Å². The number of amides is 3. The molecule has 0 spiro atoms. The first-order chi connectivity index (χ1) is 10.6. The number of hydrogen-bond donors (Lipinski definition) is 2. The van der Waals surface area contributed by atoms with Crippen LogP contribution in [0.25, 0.3) is 0 Å². The Morgan fingerprint density at radius 1 is 1.27 bits per heavy atom. The van der Waals surface area contributed by atoms with Gasteiger partial charge in [0.2, 0.25) is 5.91 Å². The number of nitrogens with one attached hydrogen (secondary N) is 2. The Morgan fingerprint density at radius 3 is 2.68 bits per heavy atom. The van der Waals surface area contributed by atoms with E-state index in [1.165, 1.54) is 0 Å². The lowest BCUT2D eigenvalue weighted by Crippen LogP contribution is -2.45. The number of nitrogens with zero attached hydrogens (tertiary/aromatic N) is 1. The summed E-state index contributed by atoms with van der Waals surface area (Å²) in [5.74, 6) is 0.407. The number of para-hydroxylation sites is 1. The molecule has 22 heavy (non-hydrogen) atoms. The highest BCUT2D eigenvalue weighted by Crippen LogP contribution is 2.17. The fraction of sp³-hybridized carbons (Fsp3) is 0.529. The van der Waals surface area contributed by atoms with E-state index >= 15 is 0 Å². The number of anilines is 1. The highest BCUT2D eigenvalue weighted by molar-refractivity contribution is 5.89. The van der Waals surface area contributed by atoms with Crippen molar-refractivity contribution in [2.24, 2.45) is 11.8 Å². The summed E-state index contributed by atoms with van der Waals surface area (Å²) in [5, 5.41) is 5.88. The van der Waals surface area contributed by atoms with Gasteiger partial charge in [-0.3, -0.25) is 4.79 Å². The van der Waals surface area contributed by atoms with E-state index in [1.807, 2.05) is 49.1 Å². The second kappa shape index (κ2) is 7.82. The van der Waals surface area contributed by atoms with Crippen molar-refractivity contribution in [2.45, 2.75) is 26.7 Å². The highest BCUT2D eigenvalue weighted by Gasteiger charge is 2.24. The Balaban J connectivity index is 1.82. The minimum Gasteiger partial charge on any atom is -0.356 e. The van der Waals surface area contributed by atoms with Gasteiger partial charge < -0.3 is 15.5 Å². The maximum absolute atomic E-state index is 12.3. The minimum absolute atomic E-state index is 0.000993. The van der Waals surface area contributed by atoms with Gasteiger partial charge in [-0.05, 0) is 30.9 Å². The first kappa shape index (κ1) is 16.3. The van der Waals surface area contributed by atoms with Gasteiger partial charge in [-0.2, -0.15) is 0 Å². The lowest BCUT2D eigenvalue weighted by atomic mass is 9.98. The Kier molecular flexibility index (Phi) is 5.81. The Labute approximate surface area is 132 Å². The van der Waals surface area contributed by atoms with Crippen LogP contribution in [-0.4, -0.2) is 36.5 Å². The molecule has 120 valence electrons. The van der Waals surface area contributed by atoms with Crippen molar-refractivity contribution in [3.05, 3.63) is 30.3 Å². The van der Waals surface area contributed by atoms with Crippen LogP contribution in [0, 0.1) is 11.8 Å². The van der Waals surface area contributed by atoms with Crippen LogP contribution in [0.3, 0.4) is 0 Å². The van der Waals surface area contributed by atoms with Gasteiger partial charge in [-0.1, -0.05) is 32.0 Å². The van der Waals surface area contributed by atoms with Gasteiger partial charge in [0, 0.05) is 31.2 Å². The average molecular weight is 303 g/mol. The molecular weight excluding hydrogens is 278 g/mol. The fourth-order valence-electron chi connectivity index (χ4n) is 2.59. The number of carbonyl (C=O) groups excluding carboxylic acids is 2. The summed E-state index contributed by atoms with van der Waals surface area (Å²) >= 11 is 0. The molecular formula is C17H25N3O2. The second-order valence-electron chi connectivity index (χ2n) is 6.15. The molecule has 1 aromatic carbocycles. The molecule has 1 saturated heterocycles. The zero-order valence-corrected chi connectivity index (χ0v) is 13.3. The lowest BCUT2D eigenvalue weighted by molar-refractivity contribution is -0.124. The Bertz CT molecular complexity index is 502. The molecule has 0 bridgehead atoms. The average Bonchev–Trinajstić information content (AvgIpc) is 2.53. The predicted molar refractivity (Wildman–Crippen MR) is 87.6 cm³/mol. The van der Waals surface area contributed by atoms with Crippen LogP contribution in [0.2, 0.25) is 0 Å². The predicted octanol–water partition coefficient (Wildman–Crippen LogP) is 2.70.